The lowest BCUT2D eigenvalue weighted by molar-refractivity contribution is 0.249. The third kappa shape index (κ3) is 10.8. The number of unbranched alkanes of at least 4 members (excludes halogenated alkanes) is 1. The van der Waals surface area contributed by atoms with Crippen molar-refractivity contribution < 1.29 is 14.2 Å². The van der Waals surface area contributed by atoms with E-state index < -0.39 is 0 Å². The summed E-state index contributed by atoms with van der Waals surface area (Å²) in [4.78, 5) is 9.94. The number of aryl methyl sites for hydroxylation is 1. The first-order valence-corrected chi connectivity index (χ1v) is 17.1. The Balaban J connectivity index is 0.000000707. The van der Waals surface area contributed by atoms with Gasteiger partial charge < -0.3 is 28.6 Å². The van der Waals surface area contributed by atoms with Gasteiger partial charge in [-0.2, -0.15) is 0 Å². The predicted octanol–water partition coefficient (Wildman–Crippen LogP) is 9.15. The minimum atomic E-state index is 0.599. The summed E-state index contributed by atoms with van der Waals surface area (Å²) in [5.41, 5.74) is 2.92. The molecule has 45 heavy (non-hydrogen) atoms. The van der Waals surface area contributed by atoms with Crippen LogP contribution in [0.1, 0.15) is 67.7 Å². The van der Waals surface area contributed by atoms with Gasteiger partial charge in [0, 0.05) is 30.8 Å². The van der Waals surface area contributed by atoms with Crippen molar-refractivity contribution in [1.29, 1.82) is 0 Å². The Labute approximate surface area is 272 Å². The summed E-state index contributed by atoms with van der Waals surface area (Å²) >= 11 is 0. The summed E-state index contributed by atoms with van der Waals surface area (Å²) in [6, 6.07) is 22.1. The summed E-state index contributed by atoms with van der Waals surface area (Å²) in [6.45, 7) is 24.0. The molecule has 0 aliphatic carbocycles. The van der Waals surface area contributed by atoms with Crippen molar-refractivity contribution in [3.05, 3.63) is 66.7 Å². The van der Waals surface area contributed by atoms with Crippen LogP contribution in [0.4, 0.5) is 0 Å². The molecule has 0 spiro atoms. The van der Waals surface area contributed by atoms with E-state index in [1.165, 1.54) is 19.6 Å². The summed E-state index contributed by atoms with van der Waals surface area (Å²) in [6.07, 6.45) is 3.11. The monoisotopic (exact) mass is 616 g/mol. The van der Waals surface area contributed by atoms with Crippen LogP contribution < -0.4 is 14.2 Å². The van der Waals surface area contributed by atoms with E-state index in [1.54, 1.807) is 0 Å². The maximum atomic E-state index is 6.35. The van der Waals surface area contributed by atoms with Gasteiger partial charge in [0.05, 0.1) is 18.7 Å². The lowest BCUT2D eigenvalue weighted by atomic mass is 10.2. The molecule has 246 valence electrons. The summed E-state index contributed by atoms with van der Waals surface area (Å²) in [5, 5.41) is 0. The molecule has 0 unspecified atom stereocenters. The molecule has 0 saturated heterocycles. The van der Waals surface area contributed by atoms with Gasteiger partial charge in [-0.1, -0.05) is 78.3 Å². The minimum absolute atomic E-state index is 0.599. The Bertz CT molecular complexity index is 1380. The van der Waals surface area contributed by atoms with E-state index >= 15 is 0 Å². The fourth-order valence-electron chi connectivity index (χ4n) is 5.29. The normalized spacial score (nSPS) is 11.1. The van der Waals surface area contributed by atoms with E-state index in [-0.39, 0.29) is 0 Å². The number of para-hydroxylation sites is 1. The molecule has 3 aromatic carbocycles. The van der Waals surface area contributed by atoms with Crippen molar-refractivity contribution >= 4 is 11.0 Å². The van der Waals surface area contributed by atoms with Gasteiger partial charge >= 0.3 is 0 Å². The minimum Gasteiger partial charge on any atom is -0.494 e. The molecule has 0 saturated carbocycles. The van der Waals surface area contributed by atoms with Crippen molar-refractivity contribution in [3.63, 3.8) is 0 Å². The van der Waals surface area contributed by atoms with Crippen LogP contribution in [-0.2, 0) is 6.54 Å². The smallest absolute Gasteiger partial charge is 0.150 e. The molecule has 0 fully saturated rings. The molecule has 1 aromatic heterocycles. The Morgan fingerprint density at radius 1 is 0.667 bits per heavy atom. The van der Waals surface area contributed by atoms with Gasteiger partial charge in [0.15, 0.2) is 5.75 Å². The molecule has 0 amide bonds. The SMILES string of the molecule is CCCCn1c(-c2cccc(Oc3ccccc3)c2)nc2c(OCCCN(CC)CC)cc(OCC)cc21.CCN(CC)CC. The van der Waals surface area contributed by atoms with Gasteiger partial charge in [0.2, 0.25) is 0 Å². The fraction of sp³-hybridized carbons (Fsp3) is 0.500. The van der Waals surface area contributed by atoms with Gasteiger partial charge in [-0.05, 0) is 76.8 Å². The topological polar surface area (TPSA) is 52.0 Å². The quantitative estimate of drug-likeness (QED) is 0.104. The third-order valence-electron chi connectivity index (χ3n) is 8.02. The average Bonchev–Trinajstić information content (AvgIpc) is 3.44. The number of fused-ring (bicyclic) bond motifs is 1. The molecular formula is C38H56N4O3. The van der Waals surface area contributed by atoms with Crippen molar-refractivity contribution in [2.75, 3.05) is 52.5 Å². The highest BCUT2D eigenvalue weighted by Crippen LogP contribution is 2.36. The molecule has 1 heterocycles. The van der Waals surface area contributed by atoms with Crippen LogP contribution in [0.5, 0.6) is 23.0 Å². The number of hydrogen-bond donors (Lipinski definition) is 0. The highest BCUT2D eigenvalue weighted by atomic mass is 16.5. The highest BCUT2D eigenvalue weighted by Gasteiger charge is 2.19. The number of rotatable bonds is 18. The van der Waals surface area contributed by atoms with Crippen molar-refractivity contribution in [1.82, 2.24) is 19.4 Å². The molecule has 0 atom stereocenters. The van der Waals surface area contributed by atoms with Crippen LogP contribution >= 0.6 is 0 Å². The van der Waals surface area contributed by atoms with Gasteiger partial charge in [0.25, 0.3) is 0 Å². The van der Waals surface area contributed by atoms with Crippen LogP contribution in [0.15, 0.2) is 66.7 Å². The Kier molecular flexibility index (Phi) is 15.8. The van der Waals surface area contributed by atoms with Gasteiger partial charge in [-0.25, -0.2) is 4.98 Å². The Morgan fingerprint density at radius 2 is 1.36 bits per heavy atom. The van der Waals surface area contributed by atoms with Crippen molar-refractivity contribution in [2.24, 2.45) is 0 Å². The lowest BCUT2D eigenvalue weighted by Crippen LogP contribution is -2.25. The second kappa shape index (κ2) is 19.8. The molecular weight excluding hydrogens is 560 g/mol. The molecule has 0 bridgehead atoms. The van der Waals surface area contributed by atoms with Crippen LogP contribution in [0.3, 0.4) is 0 Å². The van der Waals surface area contributed by atoms with Crippen molar-refractivity contribution in [2.45, 2.75) is 74.3 Å². The van der Waals surface area contributed by atoms with E-state index in [0.29, 0.717) is 13.2 Å². The first-order chi connectivity index (χ1) is 22.0. The molecule has 4 aromatic rings. The zero-order valence-electron chi connectivity index (χ0n) is 28.8. The average molecular weight is 617 g/mol. The Morgan fingerprint density at radius 3 is 1.98 bits per heavy atom. The maximum absolute atomic E-state index is 6.35. The van der Waals surface area contributed by atoms with E-state index in [9.17, 15) is 0 Å². The fourth-order valence-corrected chi connectivity index (χ4v) is 5.29. The first-order valence-electron chi connectivity index (χ1n) is 17.1. The predicted molar refractivity (Wildman–Crippen MR) is 189 cm³/mol. The summed E-state index contributed by atoms with van der Waals surface area (Å²) in [7, 11) is 0. The zero-order valence-corrected chi connectivity index (χ0v) is 28.8. The second-order valence-corrected chi connectivity index (χ2v) is 11.0. The lowest BCUT2D eigenvalue weighted by Gasteiger charge is -2.18. The number of ether oxygens (including phenoxy) is 3. The number of nitrogens with zero attached hydrogens (tertiary/aromatic N) is 4. The zero-order chi connectivity index (χ0) is 32.4. The highest BCUT2D eigenvalue weighted by molar-refractivity contribution is 5.87. The van der Waals surface area contributed by atoms with Crippen LogP contribution in [0, 0.1) is 0 Å². The maximum Gasteiger partial charge on any atom is 0.150 e. The molecule has 0 N–H and O–H groups in total. The van der Waals surface area contributed by atoms with Gasteiger partial charge in [-0.3, -0.25) is 0 Å². The Hall–Kier alpha value is -3.55. The molecule has 0 aliphatic rings. The molecule has 0 aliphatic heterocycles. The summed E-state index contributed by atoms with van der Waals surface area (Å²) < 4.78 is 20.7. The largest absolute Gasteiger partial charge is 0.494 e. The molecule has 0 radical (unpaired) electrons. The number of benzene rings is 3. The second-order valence-electron chi connectivity index (χ2n) is 11.0. The van der Waals surface area contributed by atoms with Crippen molar-refractivity contribution in [3.8, 4) is 34.4 Å². The van der Waals surface area contributed by atoms with E-state index in [2.05, 4.69) is 74.1 Å². The molecule has 4 rings (SSSR count). The van der Waals surface area contributed by atoms with Crippen LogP contribution in [0.25, 0.3) is 22.4 Å². The third-order valence-corrected chi connectivity index (χ3v) is 8.02. The summed E-state index contributed by atoms with van der Waals surface area (Å²) in [5.74, 6) is 4.09. The molecule has 7 nitrogen and oxygen atoms in total. The van der Waals surface area contributed by atoms with Gasteiger partial charge in [-0.15, -0.1) is 0 Å². The van der Waals surface area contributed by atoms with Crippen LogP contribution in [-0.4, -0.2) is 71.8 Å². The molecule has 7 heteroatoms. The van der Waals surface area contributed by atoms with E-state index in [1.807, 2.05) is 55.5 Å². The van der Waals surface area contributed by atoms with Crippen LogP contribution in [0.2, 0.25) is 0 Å². The number of hydrogen-bond acceptors (Lipinski definition) is 6. The first kappa shape index (κ1) is 35.9. The number of imidazole rings is 1. The number of aromatic nitrogens is 2. The van der Waals surface area contributed by atoms with E-state index in [0.717, 1.165) is 90.9 Å². The standard InChI is InChI=1S/C32H41N3O3.C6H15N/c1-5-9-20-35-29-23-28(36-8-4)24-30(37-21-14-19-34(6-2)7-3)31(29)33-32(35)25-15-13-18-27(22-25)38-26-16-11-10-12-17-26;1-4-7(5-2)6-3/h10-13,15-18,22-24H,5-9,14,19-21H2,1-4H3;4-6H2,1-3H3. The van der Waals surface area contributed by atoms with E-state index in [4.69, 9.17) is 19.2 Å². The van der Waals surface area contributed by atoms with Gasteiger partial charge in [0.1, 0.15) is 28.6 Å².